The van der Waals surface area contributed by atoms with Crippen LogP contribution in [0.5, 0.6) is 0 Å². The van der Waals surface area contributed by atoms with Crippen LogP contribution in [0.4, 0.5) is 0 Å². The quantitative estimate of drug-likeness (QED) is 0.186. The topological polar surface area (TPSA) is 0 Å². The molecule has 0 aliphatic rings. The van der Waals surface area contributed by atoms with E-state index in [1.807, 2.05) is 0 Å². The van der Waals surface area contributed by atoms with Gasteiger partial charge in [0.1, 0.15) is 0 Å². The number of rotatable bonds is 3. The van der Waals surface area contributed by atoms with Gasteiger partial charge in [-0.15, -0.1) is 68.8 Å². The molecule has 0 spiro atoms. The van der Waals surface area contributed by atoms with Gasteiger partial charge >= 0.3 is 21.7 Å². The Hall–Kier alpha value is -2.90. The molecule has 0 N–H and O–H groups in total. The van der Waals surface area contributed by atoms with Crippen molar-refractivity contribution in [2.45, 2.75) is 13.8 Å². The van der Waals surface area contributed by atoms with Gasteiger partial charge in [0.25, 0.3) is 0 Å². The van der Waals surface area contributed by atoms with E-state index in [2.05, 4.69) is 141 Å². The number of benzene rings is 4. The SMILES string of the molecule is Cc1ccc(C)c2[cH-]ccc12.[F-].[F-].[Ti+4].c1ccc(P(c2ccccc2)c2cc3ccccc3[cH-]2)cc1. The first-order valence-electron chi connectivity index (χ1n) is 11.4. The van der Waals surface area contributed by atoms with Crippen LogP contribution < -0.4 is 25.3 Å². The van der Waals surface area contributed by atoms with Gasteiger partial charge < -0.3 is 9.41 Å². The third-order valence-corrected chi connectivity index (χ3v) is 8.54. The summed E-state index contributed by atoms with van der Waals surface area (Å²) in [4.78, 5) is 0. The zero-order chi connectivity index (χ0) is 22.6. The van der Waals surface area contributed by atoms with Gasteiger partial charge in [-0.25, -0.2) is 0 Å². The Morgan fingerprint density at radius 1 is 0.611 bits per heavy atom. The molecule has 6 rings (SSSR count). The summed E-state index contributed by atoms with van der Waals surface area (Å²) in [5, 5.41) is 9.68. The van der Waals surface area contributed by atoms with E-state index in [-0.39, 0.29) is 31.1 Å². The van der Waals surface area contributed by atoms with Crippen molar-refractivity contribution in [2.24, 2.45) is 0 Å². The van der Waals surface area contributed by atoms with Crippen molar-refractivity contribution in [1.82, 2.24) is 0 Å². The van der Waals surface area contributed by atoms with Gasteiger partial charge in [0.2, 0.25) is 0 Å². The predicted molar refractivity (Wildman–Crippen MR) is 147 cm³/mol. The second-order valence-electron chi connectivity index (χ2n) is 8.40. The average Bonchev–Trinajstić information content (AvgIpc) is 3.52. The zero-order valence-corrected chi connectivity index (χ0v) is 22.8. The molecule has 0 radical (unpaired) electrons. The van der Waals surface area contributed by atoms with Crippen molar-refractivity contribution < 1.29 is 31.1 Å². The molecule has 0 aromatic heterocycles. The summed E-state index contributed by atoms with van der Waals surface area (Å²) in [5.74, 6) is 0. The molecule has 0 saturated heterocycles. The van der Waals surface area contributed by atoms with Gasteiger partial charge in [-0.2, -0.15) is 18.2 Å². The molecule has 0 bridgehead atoms. The zero-order valence-electron chi connectivity index (χ0n) is 20.3. The van der Waals surface area contributed by atoms with E-state index in [4.69, 9.17) is 0 Å². The third-order valence-electron chi connectivity index (χ3n) is 6.14. The molecular weight excluding hydrogens is 501 g/mol. The van der Waals surface area contributed by atoms with Crippen molar-refractivity contribution >= 4 is 45.4 Å². The molecule has 0 amide bonds. The fourth-order valence-corrected chi connectivity index (χ4v) is 6.77. The van der Waals surface area contributed by atoms with Gasteiger partial charge in [0.15, 0.2) is 0 Å². The Morgan fingerprint density at radius 2 is 1.17 bits per heavy atom. The van der Waals surface area contributed by atoms with Crippen LogP contribution in [0.1, 0.15) is 11.1 Å². The summed E-state index contributed by atoms with van der Waals surface area (Å²) in [6, 6.07) is 45.8. The maximum atomic E-state index is 2.35. The molecule has 0 nitrogen and oxygen atoms in total. The average molecular weight is 528 g/mol. The second kappa shape index (κ2) is 13.4. The molecule has 6 aromatic rings. The third kappa shape index (κ3) is 6.26. The minimum atomic E-state index is -0.493. The summed E-state index contributed by atoms with van der Waals surface area (Å²) in [6.45, 7) is 4.31. The molecule has 0 aliphatic carbocycles. The van der Waals surface area contributed by atoms with Gasteiger partial charge in [-0.05, 0) is 25.5 Å². The van der Waals surface area contributed by atoms with Crippen LogP contribution in [0, 0.1) is 13.8 Å². The fraction of sp³-hybridized carbons (Fsp3) is 0.0625. The molecule has 0 saturated carbocycles. The van der Waals surface area contributed by atoms with E-state index < -0.39 is 7.92 Å². The second-order valence-corrected chi connectivity index (χ2v) is 10.6. The van der Waals surface area contributed by atoms with Gasteiger partial charge in [0.05, 0.1) is 0 Å². The minimum absolute atomic E-state index is 0. The van der Waals surface area contributed by atoms with Crippen LogP contribution in [0.2, 0.25) is 0 Å². The standard InChI is InChI=1S/C21H16P.C11H11.2FH.Ti/c1-3-11-19(12-4-1)22(20-13-5-2-6-14-20)21-15-17-9-7-8-10-18(17)16-21;1-8-6-7-9(2)11-5-3-4-10(8)11;;;/h1-16H;3-7H,1-2H3;2*1H;/q2*-1;;;+4/p-2. The monoisotopic (exact) mass is 528 g/mol. The molecule has 0 atom stereocenters. The van der Waals surface area contributed by atoms with Gasteiger partial charge in [0, 0.05) is 0 Å². The van der Waals surface area contributed by atoms with Crippen LogP contribution in [0.3, 0.4) is 0 Å². The largest absolute Gasteiger partial charge is 4.00 e. The Kier molecular flexibility index (Phi) is 10.9. The maximum absolute atomic E-state index is 2.35. The molecule has 0 unspecified atom stereocenters. The van der Waals surface area contributed by atoms with E-state index in [0.717, 1.165) is 0 Å². The fourth-order valence-electron chi connectivity index (χ4n) is 4.40. The van der Waals surface area contributed by atoms with E-state index in [0.29, 0.717) is 0 Å². The Balaban J connectivity index is 0.000000279. The molecule has 0 heterocycles. The van der Waals surface area contributed by atoms with Crippen LogP contribution in [0.25, 0.3) is 21.5 Å². The Bertz CT molecular complexity index is 1380. The first-order valence-corrected chi connectivity index (χ1v) is 12.7. The molecule has 178 valence electrons. The van der Waals surface area contributed by atoms with Crippen molar-refractivity contribution in [1.29, 1.82) is 0 Å². The predicted octanol–water partition coefficient (Wildman–Crippen LogP) is 1.50. The summed E-state index contributed by atoms with van der Waals surface area (Å²) in [7, 11) is -0.493. The van der Waals surface area contributed by atoms with Crippen LogP contribution >= 0.6 is 7.92 Å². The molecule has 36 heavy (non-hydrogen) atoms. The number of halogens is 2. The van der Waals surface area contributed by atoms with Gasteiger partial charge in [-0.3, -0.25) is 0 Å². The van der Waals surface area contributed by atoms with Crippen molar-refractivity contribution in [3.8, 4) is 0 Å². The van der Waals surface area contributed by atoms with E-state index >= 15 is 0 Å². The van der Waals surface area contributed by atoms with E-state index in [1.165, 1.54) is 48.6 Å². The van der Waals surface area contributed by atoms with Crippen molar-refractivity contribution in [3.63, 3.8) is 0 Å². The number of aryl methyl sites for hydroxylation is 2. The molecule has 0 aliphatic heterocycles. The number of fused-ring (bicyclic) bond motifs is 2. The summed E-state index contributed by atoms with van der Waals surface area (Å²) >= 11 is 0. The Morgan fingerprint density at radius 3 is 1.75 bits per heavy atom. The van der Waals surface area contributed by atoms with Crippen LogP contribution in [-0.4, -0.2) is 0 Å². The number of hydrogen-bond acceptors (Lipinski definition) is 0. The minimum Gasteiger partial charge on any atom is -1.00 e. The van der Waals surface area contributed by atoms with E-state index in [9.17, 15) is 0 Å². The van der Waals surface area contributed by atoms with Crippen molar-refractivity contribution in [3.05, 3.63) is 139 Å². The van der Waals surface area contributed by atoms with E-state index in [1.54, 1.807) is 0 Å². The first kappa shape index (κ1) is 29.3. The smallest absolute Gasteiger partial charge is 1.00 e. The number of hydrogen-bond donors (Lipinski definition) is 0. The van der Waals surface area contributed by atoms with Gasteiger partial charge in [-0.1, -0.05) is 85.3 Å². The molecule has 6 aromatic carbocycles. The molecule has 4 heteroatoms. The summed E-state index contributed by atoms with van der Waals surface area (Å²) in [5.41, 5.74) is 2.74. The van der Waals surface area contributed by atoms with Crippen LogP contribution in [-0.2, 0) is 21.7 Å². The molecular formula is C32H27F2PTi. The summed E-state index contributed by atoms with van der Waals surface area (Å²) < 4.78 is 0. The summed E-state index contributed by atoms with van der Waals surface area (Å²) in [6.07, 6.45) is 0. The normalized spacial score (nSPS) is 10.1. The van der Waals surface area contributed by atoms with Crippen LogP contribution in [0.15, 0.2) is 127 Å². The Labute approximate surface area is 228 Å². The molecule has 0 fully saturated rings. The first-order chi connectivity index (χ1) is 16.2. The van der Waals surface area contributed by atoms with Crippen molar-refractivity contribution in [2.75, 3.05) is 0 Å². The maximum Gasteiger partial charge on any atom is 4.00 e.